The van der Waals surface area contributed by atoms with Crippen LogP contribution in [0.2, 0.25) is 0 Å². The molecule has 0 amide bonds. The minimum atomic E-state index is 0.381. The van der Waals surface area contributed by atoms with Crippen LogP contribution in [-0.2, 0) is 6.54 Å². The van der Waals surface area contributed by atoms with E-state index in [9.17, 15) is 0 Å². The van der Waals surface area contributed by atoms with Gasteiger partial charge in [0.2, 0.25) is 5.88 Å². The van der Waals surface area contributed by atoms with Gasteiger partial charge in [-0.2, -0.15) is 0 Å². The summed E-state index contributed by atoms with van der Waals surface area (Å²) in [5.74, 6) is 0.659. The number of pyridine rings is 1. The summed E-state index contributed by atoms with van der Waals surface area (Å²) in [5.41, 5.74) is 7.04. The summed E-state index contributed by atoms with van der Waals surface area (Å²) < 4.78 is 5.01. The van der Waals surface area contributed by atoms with Crippen LogP contribution < -0.4 is 15.8 Å². The van der Waals surface area contributed by atoms with E-state index in [4.69, 9.17) is 10.5 Å². The molecule has 88 valence electrons. The number of methoxy groups -OCH3 is 1. The molecule has 1 heterocycles. The maximum atomic E-state index is 5.86. The van der Waals surface area contributed by atoms with E-state index in [1.165, 1.54) is 12.0 Å². The molecule has 1 aliphatic rings. The molecule has 4 nitrogen and oxygen atoms in total. The van der Waals surface area contributed by atoms with Gasteiger partial charge in [0.1, 0.15) is 0 Å². The van der Waals surface area contributed by atoms with Crippen LogP contribution in [0.1, 0.15) is 24.8 Å². The zero-order valence-corrected chi connectivity index (χ0v) is 9.65. The van der Waals surface area contributed by atoms with Crippen LogP contribution in [0.25, 0.3) is 0 Å². The number of aromatic nitrogens is 1. The van der Waals surface area contributed by atoms with Crippen LogP contribution in [0.5, 0.6) is 5.88 Å². The zero-order valence-electron chi connectivity index (χ0n) is 9.65. The third-order valence-corrected chi connectivity index (χ3v) is 3.07. The van der Waals surface area contributed by atoms with Crippen molar-refractivity contribution in [2.45, 2.75) is 37.9 Å². The lowest BCUT2D eigenvalue weighted by molar-refractivity contribution is 0.397. The fourth-order valence-corrected chi connectivity index (χ4v) is 2.10. The second-order valence-electron chi connectivity index (χ2n) is 4.36. The molecular weight excluding hydrogens is 202 g/mol. The van der Waals surface area contributed by atoms with Crippen molar-refractivity contribution in [1.82, 2.24) is 10.3 Å². The van der Waals surface area contributed by atoms with Crippen LogP contribution >= 0.6 is 0 Å². The molecule has 1 aliphatic carbocycles. The van der Waals surface area contributed by atoms with Gasteiger partial charge >= 0.3 is 0 Å². The number of hydrogen-bond acceptors (Lipinski definition) is 4. The van der Waals surface area contributed by atoms with Gasteiger partial charge in [-0.05, 0) is 24.8 Å². The maximum absolute atomic E-state index is 5.86. The van der Waals surface area contributed by atoms with Gasteiger partial charge in [0, 0.05) is 30.9 Å². The Balaban J connectivity index is 1.80. The molecule has 16 heavy (non-hydrogen) atoms. The molecule has 2 unspecified atom stereocenters. The van der Waals surface area contributed by atoms with Crippen LogP contribution in [0.4, 0.5) is 0 Å². The normalized spacial score (nSPS) is 24.6. The van der Waals surface area contributed by atoms with E-state index in [-0.39, 0.29) is 0 Å². The van der Waals surface area contributed by atoms with Gasteiger partial charge in [-0.15, -0.1) is 0 Å². The van der Waals surface area contributed by atoms with Crippen molar-refractivity contribution < 1.29 is 4.74 Å². The first-order valence-corrected chi connectivity index (χ1v) is 5.76. The SMILES string of the molecule is COc1ccc(CNC2CCC(N)C2)cn1. The lowest BCUT2D eigenvalue weighted by Crippen LogP contribution is -2.27. The lowest BCUT2D eigenvalue weighted by Gasteiger charge is -2.12. The van der Waals surface area contributed by atoms with Gasteiger partial charge in [0.25, 0.3) is 0 Å². The third kappa shape index (κ3) is 2.93. The third-order valence-electron chi connectivity index (χ3n) is 3.07. The van der Waals surface area contributed by atoms with Gasteiger partial charge in [-0.1, -0.05) is 6.07 Å². The molecular formula is C12H19N3O. The van der Waals surface area contributed by atoms with Crippen molar-refractivity contribution in [2.24, 2.45) is 5.73 Å². The maximum Gasteiger partial charge on any atom is 0.212 e. The molecule has 1 fully saturated rings. The van der Waals surface area contributed by atoms with Gasteiger partial charge < -0.3 is 15.8 Å². The fraction of sp³-hybridized carbons (Fsp3) is 0.583. The Morgan fingerprint density at radius 1 is 1.50 bits per heavy atom. The van der Waals surface area contributed by atoms with Gasteiger partial charge in [-0.25, -0.2) is 4.98 Å². The Morgan fingerprint density at radius 3 is 2.94 bits per heavy atom. The molecule has 0 spiro atoms. The van der Waals surface area contributed by atoms with E-state index < -0.39 is 0 Å². The molecule has 3 N–H and O–H groups in total. The number of rotatable bonds is 4. The highest BCUT2D eigenvalue weighted by Crippen LogP contribution is 2.17. The van der Waals surface area contributed by atoms with E-state index in [2.05, 4.69) is 10.3 Å². The molecule has 1 saturated carbocycles. The predicted molar refractivity (Wildman–Crippen MR) is 63.2 cm³/mol. The highest BCUT2D eigenvalue weighted by Gasteiger charge is 2.20. The van der Waals surface area contributed by atoms with E-state index in [1.54, 1.807) is 7.11 Å². The summed E-state index contributed by atoms with van der Waals surface area (Å²) in [6.45, 7) is 0.856. The number of nitrogens with two attached hydrogens (primary N) is 1. The smallest absolute Gasteiger partial charge is 0.212 e. The first-order chi connectivity index (χ1) is 7.78. The Bertz CT molecular complexity index is 326. The fourth-order valence-electron chi connectivity index (χ4n) is 2.10. The molecule has 1 aromatic rings. The molecule has 0 bridgehead atoms. The molecule has 0 saturated heterocycles. The minimum absolute atomic E-state index is 0.381. The summed E-state index contributed by atoms with van der Waals surface area (Å²) in [6, 6.07) is 4.87. The van der Waals surface area contributed by atoms with Crippen LogP contribution in [0.3, 0.4) is 0 Å². The largest absolute Gasteiger partial charge is 0.481 e. The Hall–Kier alpha value is -1.13. The Kier molecular flexibility index (Phi) is 3.74. The first-order valence-electron chi connectivity index (χ1n) is 5.76. The highest BCUT2D eigenvalue weighted by molar-refractivity contribution is 5.17. The second-order valence-corrected chi connectivity index (χ2v) is 4.36. The summed E-state index contributed by atoms with van der Waals surface area (Å²) >= 11 is 0. The van der Waals surface area contributed by atoms with Gasteiger partial charge in [-0.3, -0.25) is 0 Å². The highest BCUT2D eigenvalue weighted by atomic mass is 16.5. The lowest BCUT2D eigenvalue weighted by atomic mass is 10.2. The quantitative estimate of drug-likeness (QED) is 0.798. The van der Waals surface area contributed by atoms with Crippen molar-refractivity contribution in [2.75, 3.05) is 7.11 Å². The Morgan fingerprint density at radius 2 is 2.38 bits per heavy atom. The van der Waals surface area contributed by atoms with Crippen molar-refractivity contribution in [1.29, 1.82) is 0 Å². The summed E-state index contributed by atoms with van der Waals surface area (Å²) in [7, 11) is 1.63. The van der Waals surface area contributed by atoms with E-state index in [0.29, 0.717) is 18.0 Å². The number of nitrogens with zero attached hydrogens (tertiary/aromatic N) is 1. The predicted octanol–water partition coefficient (Wildman–Crippen LogP) is 1.06. The summed E-state index contributed by atoms with van der Waals surface area (Å²) in [6.07, 6.45) is 5.26. The van der Waals surface area contributed by atoms with Crippen molar-refractivity contribution >= 4 is 0 Å². The van der Waals surface area contributed by atoms with E-state index in [0.717, 1.165) is 19.4 Å². The van der Waals surface area contributed by atoms with Gasteiger partial charge in [0.15, 0.2) is 0 Å². The van der Waals surface area contributed by atoms with E-state index >= 15 is 0 Å². The molecule has 0 aliphatic heterocycles. The number of ether oxygens (including phenoxy) is 1. The molecule has 0 aromatic carbocycles. The monoisotopic (exact) mass is 221 g/mol. The average molecular weight is 221 g/mol. The van der Waals surface area contributed by atoms with Crippen molar-refractivity contribution in [3.8, 4) is 5.88 Å². The summed E-state index contributed by atoms with van der Waals surface area (Å²) in [5, 5.41) is 3.50. The van der Waals surface area contributed by atoms with Crippen LogP contribution in [0, 0.1) is 0 Å². The van der Waals surface area contributed by atoms with Crippen molar-refractivity contribution in [3.05, 3.63) is 23.9 Å². The topological polar surface area (TPSA) is 60.2 Å². The van der Waals surface area contributed by atoms with E-state index in [1.807, 2.05) is 18.3 Å². The molecule has 1 aromatic heterocycles. The molecule has 0 radical (unpaired) electrons. The average Bonchev–Trinajstić information content (AvgIpc) is 2.73. The number of nitrogens with one attached hydrogen (secondary N) is 1. The second kappa shape index (κ2) is 5.27. The van der Waals surface area contributed by atoms with Crippen LogP contribution in [0.15, 0.2) is 18.3 Å². The molecule has 4 heteroatoms. The first kappa shape index (κ1) is 11.4. The zero-order chi connectivity index (χ0) is 11.4. The number of hydrogen-bond donors (Lipinski definition) is 2. The minimum Gasteiger partial charge on any atom is -0.481 e. The van der Waals surface area contributed by atoms with Crippen LogP contribution in [-0.4, -0.2) is 24.2 Å². The molecule has 2 rings (SSSR count). The standard InChI is InChI=1S/C12H19N3O/c1-16-12-5-2-9(8-15-12)7-14-11-4-3-10(13)6-11/h2,5,8,10-11,14H,3-4,6-7,13H2,1H3. The van der Waals surface area contributed by atoms with Gasteiger partial charge in [0.05, 0.1) is 7.11 Å². The summed E-state index contributed by atoms with van der Waals surface area (Å²) in [4.78, 5) is 4.17. The Labute approximate surface area is 96.2 Å². The molecule has 2 atom stereocenters. The van der Waals surface area contributed by atoms with Crippen molar-refractivity contribution in [3.63, 3.8) is 0 Å².